The largest absolute Gasteiger partial charge is 0.378 e. The molecule has 1 aliphatic rings. The van der Waals surface area contributed by atoms with Crippen LogP contribution in [0.2, 0.25) is 0 Å². The summed E-state index contributed by atoms with van der Waals surface area (Å²) in [6.45, 7) is 3.29. The smallest absolute Gasteiger partial charge is 0.123 e. The molecule has 0 spiro atoms. The second-order valence-electron chi connectivity index (χ2n) is 5.67. The summed E-state index contributed by atoms with van der Waals surface area (Å²) in [7, 11) is 0. The number of hydrogen-bond donors (Lipinski definition) is 0. The summed E-state index contributed by atoms with van der Waals surface area (Å²) in [6, 6.07) is 14.4. The molecule has 0 saturated carbocycles. The highest BCUT2D eigenvalue weighted by Gasteiger charge is 2.12. The third-order valence-corrected chi connectivity index (χ3v) is 4.10. The van der Waals surface area contributed by atoms with Gasteiger partial charge in [-0.15, -0.1) is 5.10 Å². The van der Waals surface area contributed by atoms with Crippen LogP contribution in [0, 0.1) is 5.82 Å². The van der Waals surface area contributed by atoms with Crippen LogP contribution in [0.1, 0.15) is 0 Å². The molecule has 4 rings (SSSR count). The molecule has 0 radical (unpaired) electrons. The molecule has 0 aliphatic carbocycles. The highest BCUT2D eigenvalue weighted by atomic mass is 19.1. The van der Waals surface area contributed by atoms with Gasteiger partial charge in [0.15, 0.2) is 0 Å². The fourth-order valence-corrected chi connectivity index (χ4v) is 2.80. The monoisotopic (exact) mass is 324 g/mol. The zero-order valence-corrected chi connectivity index (χ0v) is 13.1. The van der Waals surface area contributed by atoms with Gasteiger partial charge < -0.3 is 9.64 Å². The topological polar surface area (TPSA) is 43.2 Å². The molecule has 122 valence electrons. The van der Waals surface area contributed by atoms with Crippen molar-refractivity contribution in [3.05, 3.63) is 60.5 Å². The molecule has 3 aromatic rings. The van der Waals surface area contributed by atoms with Crippen LogP contribution in [0.3, 0.4) is 0 Å². The first-order valence-corrected chi connectivity index (χ1v) is 7.91. The standard InChI is InChI=1S/C18H17FN4O/c19-15-6-4-14(5-7-15)18-13-23(21-20-18)17-3-1-2-16(12-17)22-8-10-24-11-9-22/h1-7,12-13H,8-11H2. The van der Waals surface area contributed by atoms with Crippen molar-refractivity contribution in [3.8, 4) is 16.9 Å². The summed E-state index contributed by atoms with van der Waals surface area (Å²) >= 11 is 0. The summed E-state index contributed by atoms with van der Waals surface area (Å²) in [5.74, 6) is -0.260. The number of aromatic nitrogens is 3. The number of hydrogen-bond acceptors (Lipinski definition) is 4. The van der Waals surface area contributed by atoms with Gasteiger partial charge >= 0.3 is 0 Å². The maximum atomic E-state index is 13.0. The average molecular weight is 324 g/mol. The molecule has 0 atom stereocenters. The third kappa shape index (κ3) is 3.00. The fraction of sp³-hybridized carbons (Fsp3) is 0.222. The predicted octanol–water partition coefficient (Wildman–Crippen LogP) is 2.91. The number of anilines is 1. The highest BCUT2D eigenvalue weighted by Crippen LogP contribution is 2.22. The summed E-state index contributed by atoms with van der Waals surface area (Å²) in [4.78, 5) is 2.30. The van der Waals surface area contributed by atoms with Gasteiger partial charge in [-0.1, -0.05) is 11.3 Å². The van der Waals surface area contributed by atoms with Crippen LogP contribution in [0.15, 0.2) is 54.7 Å². The van der Waals surface area contributed by atoms with Gasteiger partial charge in [0.1, 0.15) is 11.5 Å². The molecule has 6 heteroatoms. The summed E-state index contributed by atoms with van der Waals surface area (Å²) in [5, 5.41) is 8.39. The molecule has 1 aliphatic heterocycles. The van der Waals surface area contributed by atoms with Crippen molar-refractivity contribution in [1.29, 1.82) is 0 Å². The Labute approximate surface area is 139 Å². The zero-order valence-electron chi connectivity index (χ0n) is 13.1. The van der Waals surface area contributed by atoms with E-state index in [1.807, 2.05) is 18.3 Å². The van der Waals surface area contributed by atoms with E-state index in [1.165, 1.54) is 12.1 Å². The minimum Gasteiger partial charge on any atom is -0.378 e. The lowest BCUT2D eigenvalue weighted by molar-refractivity contribution is 0.122. The molecule has 24 heavy (non-hydrogen) atoms. The molecule has 2 heterocycles. The first kappa shape index (κ1) is 14.8. The quantitative estimate of drug-likeness (QED) is 0.743. The second kappa shape index (κ2) is 6.41. The first-order chi connectivity index (χ1) is 11.8. The minimum atomic E-state index is -0.260. The Hall–Kier alpha value is -2.73. The lowest BCUT2D eigenvalue weighted by Crippen LogP contribution is -2.36. The lowest BCUT2D eigenvalue weighted by Gasteiger charge is -2.29. The van der Waals surface area contributed by atoms with E-state index in [-0.39, 0.29) is 5.82 Å². The van der Waals surface area contributed by atoms with Crippen molar-refractivity contribution in [2.45, 2.75) is 0 Å². The Kier molecular flexibility index (Phi) is 3.96. The molecule has 0 bridgehead atoms. The van der Waals surface area contributed by atoms with Gasteiger partial charge in [0.05, 0.1) is 25.1 Å². The normalized spacial score (nSPS) is 14.8. The zero-order chi connectivity index (χ0) is 16.4. The highest BCUT2D eigenvalue weighted by molar-refractivity contribution is 5.59. The molecule has 0 unspecified atom stereocenters. The molecule has 0 N–H and O–H groups in total. The van der Waals surface area contributed by atoms with Crippen LogP contribution < -0.4 is 4.90 Å². The van der Waals surface area contributed by atoms with Gasteiger partial charge in [-0.05, 0) is 42.5 Å². The van der Waals surface area contributed by atoms with Crippen LogP contribution in [-0.2, 0) is 4.74 Å². The number of morpholine rings is 1. The maximum absolute atomic E-state index is 13.0. The van der Waals surface area contributed by atoms with E-state index >= 15 is 0 Å². The van der Waals surface area contributed by atoms with Gasteiger partial charge in [-0.2, -0.15) is 0 Å². The van der Waals surface area contributed by atoms with E-state index in [4.69, 9.17) is 4.74 Å². The van der Waals surface area contributed by atoms with Crippen molar-refractivity contribution < 1.29 is 9.13 Å². The van der Waals surface area contributed by atoms with Crippen LogP contribution in [0.25, 0.3) is 16.9 Å². The molecule has 0 amide bonds. The van der Waals surface area contributed by atoms with E-state index in [0.29, 0.717) is 5.69 Å². The van der Waals surface area contributed by atoms with Gasteiger partial charge in [0.2, 0.25) is 0 Å². The van der Waals surface area contributed by atoms with E-state index in [0.717, 1.165) is 43.2 Å². The van der Waals surface area contributed by atoms with Gasteiger partial charge in [-0.25, -0.2) is 9.07 Å². The molecule has 1 fully saturated rings. The number of benzene rings is 2. The minimum absolute atomic E-state index is 0.260. The molecule has 1 saturated heterocycles. The maximum Gasteiger partial charge on any atom is 0.123 e. The Balaban J connectivity index is 1.61. The number of ether oxygens (including phenoxy) is 1. The molecular formula is C18H17FN4O. The fourth-order valence-electron chi connectivity index (χ4n) is 2.80. The Bertz CT molecular complexity index is 825. The van der Waals surface area contributed by atoms with Crippen molar-refractivity contribution in [3.63, 3.8) is 0 Å². The van der Waals surface area contributed by atoms with Crippen LogP contribution in [0.5, 0.6) is 0 Å². The summed E-state index contributed by atoms with van der Waals surface area (Å²) < 4.78 is 20.2. The number of rotatable bonds is 3. The SMILES string of the molecule is Fc1ccc(-c2cn(-c3cccc(N4CCOCC4)c3)nn2)cc1. The summed E-state index contributed by atoms with van der Waals surface area (Å²) in [6.07, 6.45) is 1.85. The second-order valence-corrected chi connectivity index (χ2v) is 5.67. The van der Waals surface area contributed by atoms with Crippen LogP contribution in [-0.4, -0.2) is 41.3 Å². The van der Waals surface area contributed by atoms with E-state index in [2.05, 4.69) is 27.3 Å². The van der Waals surface area contributed by atoms with Crippen molar-refractivity contribution >= 4 is 5.69 Å². The molecule has 1 aromatic heterocycles. The number of halogens is 1. The average Bonchev–Trinajstić information content (AvgIpc) is 3.13. The first-order valence-electron chi connectivity index (χ1n) is 7.91. The van der Waals surface area contributed by atoms with Crippen molar-refractivity contribution in [2.24, 2.45) is 0 Å². The van der Waals surface area contributed by atoms with E-state index in [1.54, 1.807) is 16.8 Å². The van der Waals surface area contributed by atoms with Gasteiger partial charge in [0, 0.05) is 24.3 Å². The van der Waals surface area contributed by atoms with E-state index < -0.39 is 0 Å². The number of nitrogens with zero attached hydrogens (tertiary/aromatic N) is 4. The summed E-state index contributed by atoms with van der Waals surface area (Å²) in [5.41, 5.74) is 3.65. The van der Waals surface area contributed by atoms with Gasteiger partial charge in [0.25, 0.3) is 0 Å². The third-order valence-electron chi connectivity index (χ3n) is 4.10. The predicted molar refractivity (Wildman–Crippen MR) is 89.8 cm³/mol. The van der Waals surface area contributed by atoms with E-state index in [9.17, 15) is 4.39 Å². The Morgan fingerprint density at radius 1 is 0.958 bits per heavy atom. The van der Waals surface area contributed by atoms with Crippen molar-refractivity contribution in [2.75, 3.05) is 31.2 Å². The molecule has 2 aromatic carbocycles. The van der Waals surface area contributed by atoms with Crippen molar-refractivity contribution in [1.82, 2.24) is 15.0 Å². The molecule has 5 nitrogen and oxygen atoms in total. The van der Waals surface area contributed by atoms with Gasteiger partial charge in [-0.3, -0.25) is 0 Å². The Morgan fingerprint density at radius 2 is 1.71 bits per heavy atom. The van der Waals surface area contributed by atoms with Crippen LogP contribution in [0.4, 0.5) is 10.1 Å². The molecular weight excluding hydrogens is 307 g/mol. The van der Waals surface area contributed by atoms with Crippen LogP contribution >= 0.6 is 0 Å². The lowest BCUT2D eigenvalue weighted by atomic mass is 10.2. The Morgan fingerprint density at radius 3 is 2.50 bits per heavy atom.